The van der Waals surface area contributed by atoms with E-state index in [-0.39, 0.29) is 20.1 Å². The van der Waals surface area contributed by atoms with Crippen LogP contribution in [0.2, 0.25) is 0 Å². The van der Waals surface area contributed by atoms with Crippen molar-refractivity contribution in [2.24, 2.45) is 7.05 Å². The molecular formula is C28H20IrN5-. The standard InChI is InChI=1S/C28H20N5.Ir/c1-32-19-30-25-17-9-16-24(27(25)32)28-29-18-31-33(28)26-22(20-10-4-2-5-11-20)14-8-15-23(26)21-12-6-3-7-13-21;/h2-15,17-19H,1H3;/q-1;. The third-order valence-corrected chi connectivity index (χ3v) is 5.86. The third kappa shape index (κ3) is 3.67. The van der Waals surface area contributed by atoms with Crippen molar-refractivity contribution < 1.29 is 20.1 Å². The molecule has 1 radical (unpaired) electrons. The number of hydrogen-bond donors (Lipinski definition) is 0. The van der Waals surface area contributed by atoms with Crippen LogP contribution in [0, 0.1) is 6.07 Å². The van der Waals surface area contributed by atoms with E-state index in [9.17, 15) is 0 Å². The molecule has 0 N–H and O–H groups in total. The second kappa shape index (κ2) is 9.18. The smallest absolute Gasteiger partial charge is 0.127 e. The molecule has 4 aromatic carbocycles. The zero-order chi connectivity index (χ0) is 22.2. The topological polar surface area (TPSA) is 48.5 Å². The Bertz CT molecular complexity index is 1510. The summed E-state index contributed by atoms with van der Waals surface area (Å²) in [6, 6.07) is 34.4. The second-order valence-corrected chi connectivity index (χ2v) is 7.87. The molecule has 6 rings (SSSR count). The van der Waals surface area contributed by atoms with Crippen molar-refractivity contribution in [2.75, 3.05) is 0 Å². The van der Waals surface area contributed by atoms with Crippen LogP contribution in [0.1, 0.15) is 0 Å². The van der Waals surface area contributed by atoms with Crippen LogP contribution in [0.4, 0.5) is 0 Å². The van der Waals surface area contributed by atoms with Gasteiger partial charge < -0.3 is 4.57 Å². The summed E-state index contributed by atoms with van der Waals surface area (Å²) >= 11 is 0. The number of benzene rings is 4. The average molecular weight is 619 g/mol. The van der Waals surface area contributed by atoms with Crippen LogP contribution in [0.15, 0.2) is 104 Å². The Labute approximate surface area is 211 Å². The van der Waals surface area contributed by atoms with E-state index in [0.29, 0.717) is 0 Å². The Balaban J connectivity index is 0.00000241. The summed E-state index contributed by atoms with van der Waals surface area (Å²) in [6.07, 6.45) is 3.42. The van der Waals surface area contributed by atoms with Gasteiger partial charge in [-0.2, -0.15) is 5.10 Å². The van der Waals surface area contributed by atoms with Crippen molar-refractivity contribution in [1.29, 1.82) is 0 Å². The molecular weight excluding hydrogens is 599 g/mol. The van der Waals surface area contributed by atoms with Crippen molar-refractivity contribution in [1.82, 2.24) is 24.3 Å². The van der Waals surface area contributed by atoms with E-state index in [1.165, 1.54) is 0 Å². The number of hydrogen-bond acceptors (Lipinski definition) is 3. The molecule has 2 heterocycles. The van der Waals surface area contributed by atoms with Crippen LogP contribution in [0.5, 0.6) is 0 Å². The maximum absolute atomic E-state index is 4.71. The zero-order valence-electron chi connectivity index (χ0n) is 18.4. The molecule has 34 heavy (non-hydrogen) atoms. The van der Waals surface area contributed by atoms with Crippen molar-refractivity contribution in [3.8, 4) is 39.3 Å². The minimum Gasteiger partial charge on any atom is -0.373 e. The minimum absolute atomic E-state index is 0. The molecule has 0 aliphatic carbocycles. The Morgan fingerprint density at radius 2 is 1.38 bits per heavy atom. The monoisotopic (exact) mass is 619 g/mol. The fourth-order valence-electron chi connectivity index (χ4n) is 4.37. The Hall–Kier alpha value is -3.86. The molecule has 0 fully saturated rings. The van der Waals surface area contributed by atoms with Crippen molar-refractivity contribution >= 4 is 11.0 Å². The predicted molar refractivity (Wildman–Crippen MR) is 131 cm³/mol. The molecule has 0 bridgehead atoms. The van der Waals surface area contributed by atoms with Crippen molar-refractivity contribution in [2.45, 2.75) is 0 Å². The second-order valence-electron chi connectivity index (χ2n) is 7.87. The number of nitrogens with zero attached hydrogens (tertiary/aromatic N) is 5. The van der Waals surface area contributed by atoms with E-state index < -0.39 is 0 Å². The SMILES string of the molecule is Cn1cnc2cc[c-]c(-c3ncnn3-c3c(-c4ccccc4)cccc3-c3ccccc3)c21.[Ir]. The summed E-state index contributed by atoms with van der Waals surface area (Å²) in [5, 5.41) is 4.71. The Kier molecular flexibility index (Phi) is 5.93. The van der Waals surface area contributed by atoms with Gasteiger partial charge in [0.2, 0.25) is 0 Å². The largest absolute Gasteiger partial charge is 0.373 e. The zero-order valence-corrected chi connectivity index (χ0v) is 20.8. The molecule has 0 saturated heterocycles. The maximum Gasteiger partial charge on any atom is 0.127 e. The van der Waals surface area contributed by atoms with Crippen LogP contribution in [0.25, 0.3) is 50.4 Å². The van der Waals surface area contributed by atoms with Crippen LogP contribution < -0.4 is 0 Å². The first-order valence-electron chi connectivity index (χ1n) is 10.8. The summed E-state index contributed by atoms with van der Waals surface area (Å²) in [5.74, 6) is 0.727. The summed E-state index contributed by atoms with van der Waals surface area (Å²) < 4.78 is 3.93. The van der Waals surface area contributed by atoms with Crippen LogP contribution in [0.3, 0.4) is 0 Å². The van der Waals surface area contributed by atoms with Gasteiger partial charge in [-0.3, -0.25) is 14.6 Å². The fourth-order valence-corrected chi connectivity index (χ4v) is 4.37. The van der Waals surface area contributed by atoms with Gasteiger partial charge in [0.25, 0.3) is 0 Å². The van der Waals surface area contributed by atoms with Gasteiger partial charge in [0.15, 0.2) is 0 Å². The van der Waals surface area contributed by atoms with Gasteiger partial charge in [-0.1, -0.05) is 84.4 Å². The van der Waals surface area contributed by atoms with E-state index in [4.69, 9.17) is 5.10 Å². The number of para-hydroxylation sites is 1. The van der Waals surface area contributed by atoms with Gasteiger partial charge in [0.1, 0.15) is 6.33 Å². The molecule has 6 aromatic rings. The molecule has 0 aliphatic rings. The molecule has 0 unspecified atom stereocenters. The summed E-state index contributed by atoms with van der Waals surface area (Å²) in [5.41, 5.74) is 8.14. The number of fused-ring (bicyclic) bond motifs is 1. The van der Waals surface area contributed by atoms with Crippen LogP contribution >= 0.6 is 0 Å². The van der Waals surface area contributed by atoms with Crippen LogP contribution in [-0.4, -0.2) is 24.3 Å². The van der Waals surface area contributed by atoms with Gasteiger partial charge in [-0.05, 0) is 16.6 Å². The van der Waals surface area contributed by atoms with Gasteiger partial charge in [-0.15, -0.1) is 18.2 Å². The van der Waals surface area contributed by atoms with Gasteiger partial charge in [0.05, 0.1) is 17.8 Å². The summed E-state index contributed by atoms with van der Waals surface area (Å²) in [4.78, 5) is 9.19. The van der Waals surface area contributed by atoms with E-state index >= 15 is 0 Å². The molecule has 167 valence electrons. The first-order valence-corrected chi connectivity index (χ1v) is 10.8. The summed E-state index contributed by atoms with van der Waals surface area (Å²) in [6.45, 7) is 0. The van der Waals surface area contributed by atoms with Gasteiger partial charge in [-0.25, -0.2) is 0 Å². The molecule has 5 nitrogen and oxygen atoms in total. The van der Waals surface area contributed by atoms with Crippen LogP contribution in [-0.2, 0) is 27.2 Å². The Morgan fingerprint density at radius 3 is 2.03 bits per heavy atom. The Morgan fingerprint density at radius 1 is 0.735 bits per heavy atom. The first kappa shape index (κ1) is 22.0. The van der Waals surface area contributed by atoms with Gasteiger partial charge in [0, 0.05) is 43.8 Å². The van der Waals surface area contributed by atoms with E-state index in [1.807, 2.05) is 46.9 Å². The normalized spacial score (nSPS) is 10.9. The van der Waals surface area contributed by atoms with Gasteiger partial charge >= 0.3 is 0 Å². The first-order chi connectivity index (χ1) is 16.3. The van der Waals surface area contributed by atoms with E-state index in [0.717, 1.165) is 50.4 Å². The fraction of sp³-hybridized carbons (Fsp3) is 0.0357. The molecule has 0 spiro atoms. The minimum atomic E-state index is 0. The predicted octanol–water partition coefficient (Wildman–Crippen LogP) is 5.95. The van der Waals surface area contributed by atoms with Crippen molar-refractivity contribution in [3.05, 3.63) is 110 Å². The molecule has 0 saturated carbocycles. The molecule has 0 amide bonds. The molecule has 6 heteroatoms. The molecule has 0 aliphatic heterocycles. The quantitative estimate of drug-likeness (QED) is 0.230. The van der Waals surface area contributed by atoms with E-state index in [2.05, 4.69) is 82.8 Å². The molecule has 2 aromatic heterocycles. The van der Waals surface area contributed by atoms with E-state index in [1.54, 1.807) is 6.33 Å². The number of imidazole rings is 1. The number of rotatable bonds is 4. The average Bonchev–Trinajstić information content (AvgIpc) is 3.52. The summed E-state index contributed by atoms with van der Waals surface area (Å²) in [7, 11) is 1.99. The number of aryl methyl sites for hydroxylation is 1. The van der Waals surface area contributed by atoms with Crippen molar-refractivity contribution in [3.63, 3.8) is 0 Å². The third-order valence-electron chi connectivity index (χ3n) is 5.86. The number of aromatic nitrogens is 5. The molecule has 0 atom stereocenters. The maximum atomic E-state index is 4.71.